The van der Waals surface area contributed by atoms with Gasteiger partial charge in [0.2, 0.25) is 5.82 Å². The van der Waals surface area contributed by atoms with Crippen molar-refractivity contribution in [3.63, 3.8) is 0 Å². The molecule has 3 aromatic rings. The Labute approximate surface area is 234 Å². The second-order valence-electron chi connectivity index (χ2n) is 10.3. The summed E-state index contributed by atoms with van der Waals surface area (Å²) >= 11 is 0. The van der Waals surface area contributed by atoms with Gasteiger partial charge in [0.15, 0.2) is 11.6 Å². The van der Waals surface area contributed by atoms with Crippen LogP contribution in [0, 0.1) is 23.4 Å². The van der Waals surface area contributed by atoms with E-state index >= 15 is 0 Å². The molecule has 0 saturated heterocycles. The zero-order valence-electron chi connectivity index (χ0n) is 23.2. The highest BCUT2D eigenvalue weighted by Gasteiger charge is 2.30. The first-order valence-electron chi connectivity index (χ1n) is 14.3. The molecule has 7 heteroatoms. The molecule has 214 valence electrons. The Morgan fingerprint density at radius 1 is 0.775 bits per heavy atom. The van der Waals surface area contributed by atoms with Gasteiger partial charge < -0.3 is 14.2 Å². The minimum Gasteiger partial charge on any atom is -0.494 e. The van der Waals surface area contributed by atoms with E-state index in [9.17, 15) is 18.0 Å². The third kappa shape index (κ3) is 7.38. The second-order valence-corrected chi connectivity index (χ2v) is 10.3. The molecule has 0 heterocycles. The summed E-state index contributed by atoms with van der Waals surface area (Å²) in [4.78, 5) is 12.8. The highest BCUT2D eigenvalue weighted by molar-refractivity contribution is 5.76. The first kappa shape index (κ1) is 29.5. The zero-order chi connectivity index (χ0) is 28.5. The van der Waals surface area contributed by atoms with Crippen LogP contribution < -0.4 is 14.2 Å². The molecular formula is C33H37F3O4. The van der Waals surface area contributed by atoms with Crippen LogP contribution in [0.4, 0.5) is 13.2 Å². The van der Waals surface area contributed by atoms with E-state index < -0.39 is 29.3 Å². The lowest BCUT2D eigenvalue weighted by molar-refractivity contribution is -0.140. The van der Waals surface area contributed by atoms with E-state index in [-0.39, 0.29) is 17.3 Å². The number of hydrogen-bond donors (Lipinski definition) is 0. The predicted octanol–water partition coefficient (Wildman–Crippen LogP) is 9.01. The normalized spacial score (nSPS) is 16.9. The largest absolute Gasteiger partial charge is 0.494 e. The Balaban J connectivity index is 1.33. The van der Waals surface area contributed by atoms with Gasteiger partial charge >= 0.3 is 5.97 Å². The van der Waals surface area contributed by atoms with Crippen molar-refractivity contribution < 1.29 is 32.2 Å². The lowest BCUT2D eigenvalue weighted by Gasteiger charge is -2.28. The predicted molar refractivity (Wildman–Crippen MR) is 149 cm³/mol. The number of carbonyl (C=O) groups excluding carboxylic acids is 1. The van der Waals surface area contributed by atoms with Gasteiger partial charge in [-0.3, -0.25) is 4.79 Å². The Kier molecular flexibility index (Phi) is 10.5. The molecule has 4 nitrogen and oxygen atoms in total. The standard InChI is InChI=1S/C33H37F3O4/c1-3-5-19-38-25-13-11-23(12-14-25)28-17-18-30(32(36)31(28)35)40-33(37)24-9-7-22(8-10-24)27-16-15-26(21-29(27)34)39-20-6-4-2/h11-18,21-22,24H,3-10,19-20H2,1-2H3. The minimum absolute atomic E-state index is 0.0226. The van der Waals surface area contributed by atoms with E-state index in [4.69, 9.17) is 14.2 Å². The minimum atomic E-state index is -1.20. The highest BCUT2D eigenvalue weighted by atomic mass is 19.2. The van der Waals surface area contributed by atoms with E-state index in [1.54, 1.807) is 36.4 Å². The number of rotatable bonds is 12. The number of esters is 1. The van der Waals surface area contributed by atoms with E-state index in [2.05, 4.69) is 13.8 Å². The summed E-state index contributed by atoms with van der Waals surface area (Å²) in [5.74, 6) is -2.93. The molecule has 40 heavy (non-hydrogen) atoms. The van der Waals surface area contributed by atoms with Crippen molar-refractivity contribution >= 4 is 5.97 Å². The molecule has 1 saturated carbocycles. The van der Waals surface area contributed by atoms with Crippen LogP contribution in [-0.2, 0) is 4.79 Å². The molecule has 0 radical (unpaired) electrons. The number of carbonyl (C=O) groups is 1. The quantitative estimate of drug-likeness (QED) is 0.127. The molecule has 0 aliphatic heterocycles. The van der Waals surface area contributed by atoms with Gasteiger partial charge in [-0.2, -0.15) is 4.39 Å². The molecule has 1 fully saturated rings. The van der Waals surface area contributed by atoms with Gasteiger partial charge in [-0.05, 0) is 85.9 Å². The van der Waals surface area contributed by atoms with Gasteiger partial charge in [0.05, 0.1) is 19.1 Å². The van der Waals surface area contributed by atoms with Crippen molar-refractivity contribution in [2.24, 2.45) is 5.92 Å². The molecule has 1 aliphatic rings. The summed E-state index contributed by atoms with van der Waals surface area (Å²) in [6, 6.07) is 14.4. The maximum Gasteiger partial charge on any atom is 0.314 e. The van der Waals surface area contributed by atoms with Gasteiger partial charge in [-0.25, -0.2) is 8.78 Å². The van der Waals surface area contributed by atoms with Gasteiger partial charge in [-0.15, -0.1) is 0 Å². The zero-order valence-corrected chi connectivity index (χ0v) is 23.2. The molecule has 3 aromatic carbocycles. The molecule has 1 aliphatic carbocycles. The Hall–Kier alpha value is -3.48. The topological polar surface area (TPSA) is 44.8 Å². The summed E-state index contributed by atoms with van der Waals surface area (Å²) in [6.45, 7) is 5.29. The molecule has 0 N–H and O–H groups in total. The van der Waals surface area contributed by atoms with Crippen molar-refractivity contribution in [2.45, 2.75) is 71.1 Å². The third-order valence-corrected chi connectivity index (χ3v) is 7.43. The number of benzene rings is 3. The van der Waals surface area contributed by atoms with Crippen LogP contribution in [0.5, 0.6) is 17.2 Å². The molecule has 0 amide bonds. The summed E-state index contributed by atoms with van der Waals surface area (Å²) in [7, 11) is 0. The first-order valence-corrected chi connectivity index (χ1v) is 14.3. The monoisotopic (exact) mass is 554 g/mol. The van der Waals surface area contributed by atoms with Crippen LogP contribution in [0.1, 0.15) is 76.7 Å². The van der Waals surface area contributed by atoms with Gasteiger partial charge in [-0.1, -0.05) is 44.9 Å². The lowest BCUT2D eigenvalue weighted by Crippen LogP contribution is -2.25. The number of halogens is 3. The number of unbranched alkanes of at least 4 members (excludes halogenated alkanes) is 2. The Morgan fingerprint density at radius 2 is 1.40 bits per heavy atom. The van der Waals surface area contributed by atoms with Crippen LogP contribution in [0.3, 0.4) is 0 Å². The molecular weight excluding hydrogens is 517 g/mol. The van der Waals surface area contributed by atoms with Crippen molar-refractivity contribution in [3.8, 4) is 28.4 Å². The van der Waals surface area contributed by atoms with E-state index in [0.717, 1.165) is 25.7 Å². The van der Waals surface area contributed by atoms with E-state index in [0.29, 0.717) is 61.5 Å². The maximum atomic E-state index is 14.9. The maximum absolute atomic E-state index is 14.9. The Bertz CT molecular complexity index is 1270. The van der Waals surface area contributed by atoms with E-state index in [1.165, 1.54) is 18.2 Å². The average molecular weight is 555 g/mol. The van der Waals surface area contributed by atoms with Crippen molar-refractivity contribution in [1.82, 2.24) is 0 Å². The van der Waals surface area contributed by atoms with Gasteiger partial charge in [0.25, 0.3) is 0 Å². The molecule has 0 atom stereocenters. The SMILES string of the molecule is CCCCOc1ccc(-c2ccc(OC(=O)C3CCC(c4ccc(OCCCC)cc4F)CC3)c(F)c2F)cc1. The smallest absolute Gasteiger partial charge is 0.314 e. The second kappa shape index (κ2) is 14.2. The third-order valence-electron chi connectivity index (χ3n) is 7.43. The molecule has 4 rings (SSSR count). The van der Waals surface area contributed by atoms with Crippen LogP contribution in [0.25, 0.3) is 11.1 Å². The summed E-state index contributed by atoms with van der Waals surface area (Å²) in [6.07, 6.45) is 6.02. The van der Waals surface area contributed by atoms with Crippen LogP contribution in [-0.4, -0.2) is 19.2 Å². The van der Waals surface area contributed by atoms with Crippen molar-refractivity contribution in [1.29, 1.82) is 0 Å². The molecule has 0 unspecified atom stereocenters. The fourth-order valence-corrected chi connectivity index (χ4v) is 4.99. The van der Waals surface area contributed by atoms with Gasteiger partial charge in [0, 0.05) is 11.6 Å². The van der Waals surface area contributed by atoms with Crippen LogP contribution >= 0.6 is 0 Å². The van der Waals surface area contributed by atoms with Gasteiger partial charge in [0.1, 0.15) is 17.3 Å². The molecule has 0 spiro atoms. The molecule has 0 aromatic heterocycles. The number of ether oxygens (including phenoxy) is 3. The Morgan fingerprint density at radius 3 is 2.02 bits per heavy atom. The van der Waals surface area contributed by atoms with E-state index in [1.807, 2.05) is 0 Å². The average Bonchev–Trinajstić information content (AvgIpc) is 2.96. The van der Waals surface area contributed by atoms with Crippen molar-refractivity contribution in [3.05, 3.63) is 77.6 Å². The highest BCUT2D eigenvalue weighted by Crippen LogP contribution is 2.39. The summed E-state index contributed by atoms with van der Waals surface area (Å²) < 4.78 is 61.1. The van der Waals surface area contributed by atoms with Crippen LogP contribution in [0.15, 0.2) is 54.6 Å². The summed E-state index contributed by atoms with van der Waals surface area (Å²) in [5, 5.41) is 0. The number of hydrogen-bond acceptors (Lipinski definition) is 4. The lowest BCUT2D eigenvalue weighted by atomic mass is 9.78. The first-order chi connectivity index (χ1) is 19.4. The summed E-state index contributed by atoms with van der Waals surface area (Å²) in [5.41, 5.74) is 1.17. The fraction of sp³-hybridized carbons (Fsp3) is 0.424. The molecule has 0 bridgehead atoms. The van der Waals surface area contributed by atoms with Crippen LogP contribution in [0.2, 0.25) is 0 Å². The fourth-order valence-electron chi connectivity index (χ4n) is 4.99. The van der Waals surface area contributed by atoms with Crippen molar-refractivity contribution in [2.75, 3.05) is 13.2 Å².